The maximum Gasteiger partial charge on any atom is 0.0934 e. The molecule has 5 N–H and O–H groups in total. The van der Waals surface area contributed by atoms with E-state index in [1.165, 1.54) is 20.8 Å². The van der Waals surface area contributed by atoms with Crippen LogP contribution in [-0.2, 0) is 0 Å². The van der Waals surface area contributed by atoms with Crippen molar-refractivity contribution < 1.29 is 15.3 Å². The lowest BCUT2D eigenvalue weighted by Gasteiger charge is -2.37. The molecule has 5 heteroatoms. The summed E-state index contributed by atoms with van der Waals surface area (Å²) >= 11 is 0. The third-order valence-corrected chi connectivity index (χ3v) is 2.17. The Kier molecular flexibility index (Phi) is 6.09. The molecular weight excluding hydrogens is 182 g/mol. The molecule has 12 heavy (non-hydrogen) atoms. The first-order valence-corrected chi connectivity index (χ1v) is 3.66. The zero-order valence-electron chi connectivity index (χ0n) is 7.56. The summed E-state index contributed by atoms with van der Waals surface area (Å²) in [4.78, 5) is 0. The summed E-state index contributed by atoms with van der Waals surface area (Å²) in [6.45, 7) is 4.33. The summed E-state index contributed by atoms with van der Waals surface area (Å²) in [6.07, 6.45) is -2.83. The monoisotopic (exact) mass is 199 g/mol. The molecular formula is C7H18ClNO3. The van der Waals surface area contributed by atoms with Crippen LogP contribution in [0.15, 0.2) is 0 Å². The van der Waals surface area contributed by atoms with E-state index in [-0.39, 0.29) is 12.4 Å². The molecule has 0 saturated carbocycles. The minimum Gasteiger partial charge on any atom is -0.391 e. The summed E-state index contributed by atoms with van der Waals surface area (Å²) in [5, 5.41) is 27.5. The maximum absolute atomic E-state index is 9.17. The fourth-order valence-corrected chi connectivity index (χ4v) is 1.05. The maximum atomic E-state index is 9.17. The van der Waals surface area contributed by atoms with E-state index in [4.69, 9.17) is 21.1 Å². The molecule has 0 aromatic carbocycles. The van der Waals surface area contributed by atoms with Crippen LogP contribution in [0, 0.1) is 0 Å². The van der Waals surface area contributed by atoms with Gasteiger partial charge >= 0.3 is 0 Å². The van der Waals surface area contributed by atoms with Gasteiger partial charge in [0.05, 0.1) is 23.9 Å². The van der Waals surface area contributed by atoms with Gasteiger partial charge in [0.2, 0.25) is 0 Å². The lowest BCUT2D eigenvalue weighted by molar-refractivity contribution is -0.0590. The van der Waals surface area contributed by atoms with Crippen molar-refractivity contribution >= 4 is 12.4 Å². The van der Waals surface area contributed by atoms with Crippen molar-refractivity contribution in [1.29, 1.82) is 0 Å². The van der Waals surface area contributed by atoms with Crippen LogP contribution in [0.25, 0.3) is 0 Å². The molecule has 0 bridgehead atoms. The minimum atomic E-state index is -1.33. The summed E-state index contributed by atoms with van der Waals surface area (Å²) in [7, 11) is 0. The first-order valence-electron chi connectivity index (χ1n) is 3.66. The van der Waals surface area contributed by atoms with Gasteiger partial charge in [-0.2, -0.15) is 0 Å². The van der Waals surface area contributed by atoms with Gasteiger partial charge in [0, 0.05) is 0 Å². The van der Waals surface area contributed by atoms with E-state index >= 15 is 0 Å². The highest BCUT2D eigenvalue weighted by atomic mass is 35.5. The predicted molar refractivity (Wildman–Crippen MR) is 49.2 cm³/mol. The van der Waals surface area contributed by atoms with Gasteiger partial charge in [0.1, 0.15) is 0 Å². The van der Waals surface area contributed by atoms with E-state index in [1.807, 2.05) is 0 Å². The zero-order chi connectivity index (χ0) is 9.23. The van der Waals surface area contributed by atoms with Crippen LogP contribution in [0.5, 0.6) is 0 Å². The summed E-state index contributed by atoms with van der Waals surface area (Å²) < 4.78 is 0. The molecule has 0 aliphatic carbocycles. The van der Waals surface area contributed by atoms with Crippen LogP contribution in [0.3, 0.4) is 0 Å². The van der Waals surface area contributed by atoms with Gasteiger partial charge in [-0.15, -0.1) is 12.4 Å². The molecule has 0 aliphatic heterocycles. The van der Waals surface area contributed by atoms with Crippen molar-refractivity contribution in [3.8, 4) is 0 Å². The first kappa shape index (κ1) is 14.6. The average molecular weight is 200 g/mol. The van der Waals surface area contributed by atoms with Crippen molar-refractivity contribution in [3.63, 3.8) is 0 Å². The van der Waals surface area contributed by atoms with Crippen LogP contribution >= 0.6 is 12.4 Å². The van der Waals surface area contributed by atoms with Gasteiger partial charge in [0.25, 0.3) is 0 Å². The Labute approximate surface area is 78.8 Å². The van der Waals surface area contributed by atoms with Crippen molar-refractivity contribution in [3.05, 3.63) is 0 Å². The number of rotatable bonds is 3. The highest BCUT2D eigenvalue weighted by Gasteiger charge is 2.40. The molecule has 76 valence electrons. The molecule has 0 amide bonds. The average Bonchev–Trinajstić information content (AvgIpc) is 1.84. The van der Waals surface area contributed by atoms with Gasteiger partial charge < -0.3 is 21.1 Å². The third kappa shape index (κ3) is 2.57. The van der Waals surface area contributed by atoms with Gasteiger partial charge in [-0.05, 0) is 20.8 Å². The summed E-state index contributed by atoms with van der Waals surface area (Å²) in [6, 6.07) is 0. The second kappa shape index (κ2) is 4.99. The van der Waals surface area contributed by atoms with Crippen LogP contribution in [0.4, 0.5) is 0 Å². The van der Waals surface area contributed by atoms with Crippen molar-refractivity contribution in [2.45, 2.75) is 44.6 Å². The van der Waals surface area contributed by atoms with Crippen LogP contribution in [-0.4, -0.2) is 39.2 Å². The fraction of sp³-hybridized carbons (Fsp3) is 1.00. The number of halogens is 1. The molecule has 0 aliphatic rings. The predicted octanol–water partition coefficient (Wildman–Crippen LogP) is -0.752. The number of nitrogens with two attached hydrogens (primary N) is 1. The second-order valence-corrected chi connectivity index (χ2v) is 3.03. The van der Waals surface area contributed by atoms with Crippen molar-refractivity contribution in [1.82, 2.24) is 0 Å². The smallest absolute Gasteiger partial charge is 0.0934 e. The molecule has 0 aromatic heterocycles. The summed E-state index contributed by atoms with van der Waals surface area (Å²) in [5.41, 5.74) is 4.24. The fourth-order valence-electron chi connectivity index (χ4n) is 1.05. The van der Waals surface area contributed by atoms with E-state index in [9.17, 15) is 0 Å². The zero-order valence-corrected chi connectivity index (χ0v) is 8.38. The van der Waals surface area contributed by atoms with Gasteiger partial charge in [-0.25, -0.2) is 0 Å². The molecule has 0 saturated heterocycles. The Morgan fingerprint density at radius 3 is 1.08 bits per heavy atom. The normalized spacial score (nSPS) is 23.2. The summed E-state index contributed by atoms with van der Waals surface area (Å²) in [5.74, 6) is 0. The molecule has 3 atom stereocenters. The lowest BCUT2D eigenvalue weighted by atomic mass is 9.84. The largest absolute Gasteiger partial charge is 0.391 e. The Morgan fingerprint density at radius 2 is 1.08 bits per heavy atom. The molecule has 0 fully saturated rings. The SMILES string of the molecule is CC(O)C(N)(C(C)O)C(C)O.Cl. The highest BCUT2D eigenvalue weighted by molar-refractivity contribution is 5.85. The van der Waals surface area contributed by atoms with Crippen LogP contribution in [0.1, 0.15) is 20.8 Å². The van der Waals surface area contributed by atoms with Crippen LogP contribution < -0.4 is 5.73 Å². The molecule has 0 heterocycles. The van der Waals surface area contributed by atoms with Gasteiger partial charge in [-0.3, -0.25) is 0 Å². The molecule has 0 aromatic rings. The number of hydrogen-bond acceptors (Lipinski definition) is 4. The first-order chi connectivity index (χ1) is 4.83. The van der Waals surface area contributed by atoms with E-state index in [0.29, 0.717) is 0 Å². The lowest BCUT2D eigenvalue weighted by Crippen LogP contribution is -2.64. The molecule has 0 radical (unpaired) electrons. The molecule has 0 spiro atoms. The van der Waals surface area contributed by atoms with Gasteiger partial charge in [0.15, 0.2) is 0 Å². The van der Waals surface area contributed by atoms with E-state index in [2.05, 4.69) is 0 Å². The Bertz CT molecular complexity index is 106. The second-order valence-electron chi connectivity index (χ2n) is 3.03. The highest BCUT2D eigenvalue weighted by Crippen LogP contribution is 2.17. The number of hydrogen-bond donors (Lipinski definition) is 4. The third-order valence-electron chi connectivity index (χ3n) is 2.17. The van der Waals surface area contributed by atoms with Crippen LogP contribution in [0.2, 0.25) is 0 Å². The Balaban J connectivity index is 0. The van der Waals surface area contributed by atoms with Crippen molar-refractivity contribution in [2.75, 3.05) is 0 Å². The minimum absolute atomic E-state index is 0. The van der Waals surface area contributed by atoms with E-state index < -0.39 is 23.9 Å². The quantitative estimate of drug-likeness (QED) is 0.482. The topological polar surface area (TPSA) is 86.7 Å². The van der Waals surface area contributed by atoms with Gasteiger partial charge in [-0.1, -0.05) is 0 Å². The molecule has 3 unspecified atom stereocenters. The Hall–Kier alpha value is 0.130. The molecule has 0 rings (SSSR count). The number of aliphatic hydroxyl groups is 3. The standard InChI is InChI=1S/C7H17NO3.ClH/c1-4(9)7(8,5(2)10)6(3)11;/h4-6,9-11H,8H2,1-3H3;1H. The molecule has 4 nitrogen and oxygen atoms in total. The van der Waals surface area contributed by atoms with Crippen molar-refractivity contribution in [2.24, 2.45) is 5.73 Å². The number of aliphatic hydroxyl groups excluding tert-OH is 3. The Morgan fingerprint density at radius 1 is 0.917 bits per heavy atom. The van der Waals surface area contributed by atoms with E-state index in [1.54, 1.807) is 0 Å². The van der Waals surface area contributed by atoms with E-state index in [0.717, 1.165) is 0 Å².